The fourth-order valence-corrected chi connectivity index (χ4v) is 2.91. The van der Waals surface area contributed by atoms with Gasteiger partial charge in [-0.3, -0.25) is 4.79 Å². The molecule has 3 atom stereocenters. The van der Waals surface area contributed by atoms with Crippen LogP contribution >= 0.6 is 0 Å². The molecule has 0 saturated carbocycles. The lowest BCUT2D eigenvalue weighted by molar-refractivity contribution is -0.142. The summed E-state index contributed by atoms with van der Waals surface area (Å²) >= 11 is 0. The molecule has 18 heavy (non-hydrogen) atoms. The number of nitrogens with one attached hydrogen (secondary N) is 1. The number of rotatable bonds is 3. The van der Waals surface area contributed by atoms with E-state index in [4.69, 9.17) is 4.74 Å². The van der Waals surface area contributed by atoms with Crippen LogP contribution in [0.5, 0.6) is 0 Å². The van der Waals surface area contributed by atoms with E-state index >= 15 is 0 Å². The number of carbonyl (C=O) groups is 1. The van der Waals surface area contributed by atoms with Gasteiger partial charge in [-0.05, 0) is 19.8 Å². The van der Waals surface area contributed by atoms with E-state index in [1.165, 1.54) is 6.42 Å². The van der Waals surface area contributed by atoms with Crippen LogP contribution in [0.4, 0.5) is 0 Å². The van der Waals surface area contributed by atoms with E-state index in [9.17, 15) is 4.79 Å². The van der Waals surface area contributed by atoms with Gasteiger partial charge in [-0.2, -0.15) is 0 Å². The normalized spacial score (nSPS) is 31.2. The number of cyclic esters (lactones) is 1. The van der Waals surface area contributed by atoms with Gasteiger partial charge < -0.3 is 14.6 Å². The van der Waals surface area contributed by atoms with Crippen molar-refractivity contribution < 1.29 is 9.53 Å². The molecule has 0 unspecified atom stereocenters. The Morgan fingerprint density at radius 2 is 2.50 bits per heavy atom. The van der Waals surface area contributed by atoms with Crippen molar-refractivity contribution in [2.75, 3.05) is 6.54 Å². The molecule has 5 nitrogen and oxygen atoms in total. The van der Waals surface area contributed by atoms with E-state index in [1.807, 2.05) is 19.3 Å². The Labute approximate surface area is 107 Å². The number of hydrogen-bond acceptors (Lipinski definition) is 4. The molecule has 1 aromatic heterocycles. The molecule has 0 amide bonds. The minimum absolute atomic E-state index is 0.0448. The van der Waals surface area contributed by atoms with Crippen LogP contribution in [0.2, 0.25) is 0 Å². The van der Waals surface area contributed by atoms with Gasteiger partial charge in [0.05, 0.1) is 0 Å². The molecule has 1 fully saturated rings. The Hall–Kier alpha value is -1.36. The first-order valence-electron chi connectivity index (χ1n) is 6.69. The molecule has 1 saturated heterocycles. The molecular formula is C13H19N3O2. The molecule has 0 bridgehead atoms. The quantitative estimate of drug-likeness (QED) is 0.814. The van der Waals surface area contributed by atoms with Gasteiger partial charge in [0, 0.05) is 37.8 Å². The predicted molar refractivity (Wildman–Crippen MR) is 66.2 cm³/mol. The molecule has 0 spiro atoms. The summed E-state index contributed by atoms with van der Waals surface area (Å²) in [7, 11) is 0. The van der Waals surface area contributed by atoms with Gasteiger partial charge in [-0.15, -0.1) is 0 Å². The SMILES string of the molecule is C[C@@H]1C[C@H](NC[C@@H]2CCCn3ccnc32)C(=O)O1. The lowest BCUT2D eigenvalue weighted by atomic mass is 9.98. The average Bonchev–Trinajstić information content (AvgIpc) is 2.93. The van der Waals surface area contributed by atoms with Crippen LogP contribution in [0.15, 0.2) is 12.4 Å². The van der Waals surface area contributed by atoms with Crippen LogP contribution in [-0.4, -0.2) is 34.2 Å². The van der Waals surface area contributed by atoms with E-state index in [0.29, 0.717) is 5.92 Å². The Balaban J connectivity index is 1.60. The van der Waals surface area contributed by atoms with Crippen LogP contribution < -0.4 is 5.32 Å². The van der Waals surface area contributed by atoms with Gasteiger partial charge in [0.2, 0.25) is 0 Å². The van der Waals surface area contributed by atoms with Crippen molar-refractivity contribution in [3.8, 4) is 0 Å². The van der Waals surface area contributed by atoms with E-state index in [2.05, 4.69) is 14.9 Å². The zero-order valence-electron chi connectivity index (χ0n) is 10.6. The fourth-order valence-electron chi connectivity index (χ4n) is 2.91. The van der Waals surface area contributed by atoms with Crippen molar-refractivity contribution in [3.63, 3.8) is 0 Å². The molecule has 1 N–H and O–H groups in total. The average molecular weight is 249 g/mol. The standard InChI is InChI=1S/C13H19N3O2/c1-9-7-11(13(17)18-9)15-8-10-3-2-5-16-6-4-14-12(10)16/h4,6,9-11,15H,2-3,5,7-8H2,1H3/t9-,10+,11+/m1/s1. The lowest BCUT2D eigenvalue weighted by Gasteiger charge is -2.24. The monoisotopic (exact) mass is 249 g/mol. The molecule has 2 aliphatic rings. The third-order valence-electron chi connectivity index (χ3n) is 3.84. The number of carbonyl (C=O) groups excluding carboxylic acids is 1. The Bertz CT molecular complexity index is 443. The summed E-state index contributed by atoms with van der Waals surface area (Å²) in [5, 5.41) is 3.33. The van der Waals surface area contributed by atoms with Crippen LogP contribution in [0.1, 0.15) is 37.9 Å². The topological polar surface area (TPSA) is 56.2 Å². The van der Waals surface area contributed by atoms with Gasteiger partial charge >= 0.3 is 5.97 Å². The molecule has 0 aromatic carbocycles. The maximum Gasteiger partial charge on any atom is 0.323 e. The van der Waals surface area contributed by atoms with Gasteiger partial charge in [0.15, 0.2) is 0 Å². The third kappa shape index (κ3) is 2.14. The van der Waals surface area contributed by atoms with Gasteiger partial charge in [0.1, 0.15) is 18.0 Å². The van der Waals surface area contributed by atoms with E-state index in [0.717, 1.165) is 31.8 Å². The summed E-state index contributed by atoms with van der Waals surface area (Å²) in [6, 6.07) is -0.134. The van der Waals surface area contributed by atoms with Crippen LogP contribution in [-0.2, 0) is 16.1 Å². The number of aromatic nitrogens is 2. The zero-order chi connectivity index (χ0) is 12.5. The van der Waals surface area contributed by atoms with Gasteiger partial charge in [-0.1, -0.05) is 0 Å². The molecule has 2 aliphatic heterocycles. The molecule has 98 valence electrons. The van der Waals surface area contributed by atoms with Crippen LogP contribution in [0.25, 0.3) is 0 Å². The third-order valence-corrected chi connectivity index (χ3v) is 3.84. The van der Waals surface area contributed by atoms with Gasteiger partial charge in [-0.25, -0.2) is 4.98 Å². The number of fused-ring (bicyclic) bond motifs is 1. The molecule has 3 rings (SSSR count). The maximum atomic E-state index is 11.5. The van der Waals surface area contributed by atoms with Crippen molar-refractivity contribution in [2.24, 2.45) is 0 Å². The Morgan fingerprint density at radius 1 is 1.61 bits per heavy atom. The zero-order valence-corrected chi connectivity index (χ0v) is 10.6. The minimum atomic E-state index is -0.134. The molecule has 1 aromatic rings. The van der Waals surface area contributed by atoms with Crippen molar-refractivity contribution in [3.05, 3.63) is 18.2 Å². The Morgan fingerprint density at radius 3 is 3.28 bits per heavy atom. The summed E-state index contributed by atoms with van der Waals surface area (Å²) in [6.07, 6.45) is 7.04. The van der Waals surface area contributed by atoms with E-state index in [-0.39, 0.29) is 18.1 Å². The number of ether oxygens (including phenoxy) is 1. The highest BCUT2D eigenvalue weighted by molar-refractivity contribution is 5.77. The highest BCUT2D eigenvalue weighted by atomic mass is 16.6. The second-order valence-electron chi connectivity index (χ2n) is 5.26. The molecule has 5 heteroatoms. The summed E-state index contributed by atoms with van der Waals surface area (Å²) in [4.78, 5) is 16.0. The smallest absolute Gasteiger partial charge is 0.323 e. The predicted octanol–water partition coefficient (Wildman–Crippen LogP) is 1.05. The second kappa shape index (κ2) is 4.72. The number of hydrogen-bond donors (Lipinski definition) is 1. The fraction of sp³-hybridized carbons (Fsp3) is 0.692. The molecule has 0 radical (unpaired) electrons. The number of aryl methyl sites for hydroxylation is 1. The second-order valence-corrected chi connectivity index (χ2v) is 5.26. The first-order valence-corrected chi connectivity index (χ1v) is 6.69. The van der Waals surface area contributed by atoms with Crippen molar-refractivity contribution >= 4 is 5.97 Å². The molecule has 0 aliphatic carbocycles. The highest BCUT2D eigenvalue weighted by Crippen LogP contribution is 2.25. The first-order chi connectivity index (χ1) is 8.74. The maximum absolute atomic E-state index is 11.5. The summed E-state index contributed by atoms with van der Waals surface area (Å²) in [6.45, 7) is 3.81. The Kier molecular flexibility index (Phi) is 3.07. The van der Waals surface area contributed by atoms with Crippen LogP contribution in [0, 0.1) is 0 Å². The van der Waals surface area contributed by atoms with Gasteiger partial charge in [0.25, 0.3) is 0 Å². The number of imidazole rings is 1. The van der Waals surface area contributed by atoms with Crippen molar-refractivity contribution in [1.82, 2.24) is 14.9 Å². The summed E-state index contributed by atoms with van der Waals surface area (Å²) in [5.41, 5.74) is 0. The van der Waals surface area contributed by atoms with E-state index in [1.54, 1.807) is 0 Å². The number of esters is 1. The van der Waals surface area contributed by atoms with Crippen molar-refractivity contribution in [2.45, 2.75) is 50.8 Å². The molecular weight excluding hydrogens is 230 g/mol. The van der Waals surface area contributed by atoms with Crippen molar-refractivity contribution in [1.29, 1.82) is 0 Å². The highest BCUT2D eigenvalue weighted by Gasteiger charge is 2.32. The minimum Gasteiger partial charge on any atom is -0.461 e. The summed E-state index contributed by atoms with van der Waals surface area (Å²) < 4.78 is 7.36. The summed E-state index contributed by atoms with van der Waals surface area (Å²) in [5.74, 6) is 1.45. The van der Waals surface area contributed by atoms with Crippen LogP contribution in [0.3, 0.4) is 0 Å². The number of nitrogens with zero attached hydrogens (tertiary/aromatic N) is 2. The lowest BCUT2D eigenvalue weighted by Crippen LogP contribution is -2.37. The largest absolute Gasteiger partial charge is 0.461 e. The first kappa shape index (κ1) is 11.7. The molecule has 3 heterocycles. The van der Waals surface area contributed by atoms with E-state index < -0.39 is 0 Å².